The predicted octanol–water partition coefficient (Wildman–Crippen LogP) is 4.84. The van der Waals surface area contributed by atoms with Crippen LogP contribution in [0.5, 0.6) is 11.5 Å². The summed E-state index contributed by atoms with van der Waals surface area (Å²) in [7, 11) is 1.62. The fourth-order valence-electron chi connectivity index (χ4n) is 1.52. The number of ether oxygens (including phenoxy) is 2. The molecule has 0 atom stereocenters. The molecule has 0 saturated heterocycles. The van der Waals surface area contributed by atoms with Crippen LogP contribution in [0.3, 0.4) is 0 Å². The molecule has 5 heteroatoms. The van der Waals surface area contributed by atoms with Crippen LogP contribution in [-0.4, -0.2) is 7.11 Å². The molecule has 1 aromatic heterocycles. The molecule has 0 N–H and O–H groups in total. The largest absolute Gasteiger partial charge is 0.493 e. The van der Waals surface area contributed by atoms with Gasteiger partial charge in [0.2, 0.25) is 0 Å². The van der Waals surface area contributed by atoms with E-state index >= 15 is 0 Å². The van der Waals surface area contributed by atoms with Gasteiger partial charge in [0.1, 0.15) is 6.61 Å². The van der Waals surface area contributed by atoms with Crippen LogP contribution in [0.25, 0.3) is 0 Å². The highest BCUT2D eigenvalue weighted by atomic mass is 79.9. The first-order valence-electron chi connectivity index (χ1n) is 5.31. The first-order valence-corrected chi connectivity index (χ1v) is 7.58. The number of hydrogen-bond donors (Lipinski definition) is 0. The first-order chi connectivity index (χ1) is 8.74. The minimum atomic E-state index is 0.444. The van der Waals surface area contributed by atoms with E-state index in [-0.39, 0.29) is 0 Å². The van der Waals surface area contributed by atoms with Crippen molar-refractivity contribution in [1.29, 1.82) is 0 Å². The molecule has 0 fully saturated rings. The quantitative estimate of drug-likeness (QED) is 0.721. The number of methoxy groups -OCH3 is 1. The van der Waals surface area contributed by atoms with Gasteiger partial charge in [-0.05, 0) is 56.0 Å². The van der Waals surface area contributed by atoms with Crippen molar-refractivity contribution in [3.8, 4) is 11.5 Å². The summed E-state index contributed by atoms with van der Waals surface area (Å²) in [5.74, 6) is 1.84. The van der Waals surface area contributed by atoms with Crippen LogP contribution < -0.4 is 9.47 Å². The molecule has 0 amide bonds. The Hall–Kier alpha value is -0.710. The standard InChI is InChI=1S/C13H12BrClO2S/c1-16-12-5-10(6-15)4-11(14)13(12)17-7-9-2-3-18-8-9/h2-5,8H,6-7H2,1H3. The molecule has 96 valence electrons. The molecule has 2 rings (SSSR count). The van der Waals surface area contributed by atoms with Crippen molar-refractivity contribution in [2.75, 3.05) is 7.11 Å². The van der Waals surface area contributed by atoms with Crippen LogP contribution in [0.15, 0.2) is 33.4 Å². The third kappa shape index (κ3) is 3.19. The maximum Gasteiger partial charge on any atom is 0.175 e. The first kappa shape index (κ1) is 13.7. The van der Waals surface area contributed by atoms with Gasteiger partial charge in [0.05, 0.1) is 11.6 Å². The summed E-state index contributed by atoms with van der Waals surface area (Å²) >= 11 is 11.0. The number of halogens is 2. The number of thiophene rings is 1. The van der Waals surface area contributed by atoms with E-state index in [1.807, 2.05) is 23.6 Å². The molecule has 0 radical (unpaired) electrons. The molecule has 0 bridgehead atoms. The molecule has 2 aromatic rings. The van der Waals surface area contributed by atoms with Gasteiger partial charge in [-0.3, -0.25) is 0 Å². The third-order valence-electron chi connectivity index (χ3n) is 2.41. The molecular weight excluding hydrogens is 336 g/mol. The Morgan fingerprint density at radius 1 is 1.33 bits per heavy atom. The lowest BCUT2D eigenvalue weighted by atomic mass is 10.2. The second-order valence-corrected chi connectivity index (χ2v) is 5.56. The van der Waals surface area contributed by atoms with Crippen LogP contribution in [0.2, 0.25) is 0 Å². The summed E-state index contributed by atoms with van der Waals surface area (Å²) in [6, 6.07) is 5.87. The summed E-state index contributed by atoms with van der Waals surface area (Å²) in [6.07, 6.45) is 0. The van der Waals surface area contributed by atoms with Crippen LogP contribution in [-0.2, 0) is 12.5 Å². The number of hydrogen-bond acceptors (Lipinski definition) is 3. The second kappa shape index (κ2) is 6.45. The average molecular weight is 348 g/mol. The second-order valence-electron chi connectivity index (χ2n) is 3.66. The summed E-state index contributed by atoms with van der Waals surface area (Å²) in [5, 5.41) is 4.09. The monoisotopic (exact) mass is 346 g/mol. The van der Waals surface area contributed by atoms with Gasteiger partial charge in [-0.2, -0.15) is 11.3 Å². The van der Waals surface area contributed by atoms with Crippen molar-refractivity contribution in [2.24, 2.45) is 0 Å². The summed E-state index contributed by atoms with van der Waals surface area (Å²) < 4.78 is 12.0. The molecule has 0 aliphatic heterocycles. The highest BCUT2D eigenvalue weighted by Gasteiger charge is 2.11. The van der Waals surface area contributed by atoms with E-state index in [0.717, 1.165) is 15.6 Å². The van der Waals surface area contributed by atoms with Gasteiger partial charge < -0.3 is 9.47 Å². The minimum absolute atomic E-state index is 0.444. The van der Waals surface area contributed by atoms with Gasteiger partial charge in [0.25, 0.3) is 0 Å². The van der Waals surface area contributed by atoms with E-state index < -0.39 is 0 Å². The van der Waals surface area contributed by atoms with Crippen LogP contribution >= 0.6 is 38.9 Å². The molecule has 1 heterocycles. The maximum absolute atomic E-state index is 5.82. The van der Waals surface area contributed by atoms with Crippen molar-refractivity contribution in [1.82, 2.24) is 0 Å². The Kier molecular flexibility index (Phi) is 4.92. The van der Waals surface area contributed by atoms with Gasteiger partial charge in [0, 0.05) is 5.88 Å². The van der Waals surface area contributed by atoms with Gasteiger partial charge in [-0.25, -0.2) is 0 Å². The van der Waals surface area contributed by atoms with Crippen LogP contribution in [0.1, 0.15) is 11.1 Å². The van der Waals surface area contributed by atoms with Crippen LogP contribution in [0.4, 0.5) is 0 Å². The predicted molar refractivity (Wildman–Crippen MR) is 78.9 cm³/mol. The summed E-state index contributed by atoms with van der Waals surface area (Å²) in [6.45, 7) is 0.526. The van der Waals surface area contributed by atoms with E-state index in [1.165, 1.54) is 0 Å². The summed E-state index contributed by atoms with van der Waals surface area (Å²) in [5.41, 5.74) is 2.14. The Labute approximate surface area is 124 Å². The number of benzene rings is 1. The highest BCUT2D eigenvalue weighted by molar-refractivity contribution is 9.10. The minimum Gasteiger partial charge on any atom is -0.493 e. The van der Waals surface area contributed by atoms with Gasteiger partial charge in [-0.15, -0.1) is 11.6 Å². The molecule has 0 aliphatic rings. The molecule has 18 heavy (non-hydrogen) atoms. The molecule has 0 saturated carbocycles. The van der Waals surface area contributed by atoms with E-state index in [0.29, 0.717) is 24.0 Å². The maximum atomic E-state index is 5.82. The number of rotatable bonds is 5. The van der Waals surface area contributed by atoms with Gasteiger partial charge in [-0.1, -0.05) is 0 Å². The molecule has 0 spiro atoms. The fourth-order valence-corrected chi connectivity index (χ4v) is 2.93. The number of alkyl halides is 1. The molecule has 2 nitrogen and oxygen atoms in total. The van der Waals surface area contributed by atoms with E-state index in [2.05, 4.69) is 21.3 Å². The lowest BCUT2D eigenvalue weighted by molar-refractivity contribution is 0.283. The zero-order chi connectivity index (χ0) is 13.0. The lowest BCUT2D eigenvalue weighted by Gasteiger charge is -2.13. The smallest absolute Gasteiger partial charge is 0.175 e. The normalized spacial score (nSPS) is 10.4. The van der Waals surface area contributed by atoms with Gasteiger partial charge >= 0.3 is 0 Å². The Balaban J connectivity index is 2.20. The van der Waals surface area contributed by atoms with Crippen molar-refractivity contribution in [3.63, 3.8) is 0 Å². The van der Waals surface area contributed by atoms with Crippen LogP contribution in [0, 0.1) is 0 Å². The summed E-state index contributed by atoms with van der Waals surface area (Å²) in [4.78, 5) is 0. The van der Waals surface area contributed by atoms with Crippen molar-refractivity contribution >= 4 is 38.9 Å². The zero-order valence-electron chi connectivity index (χ0n) is 9.78. The highest BCUT2D eigenvalue weighted by Crippen LogP contribution is 2.37. The third-order valence-corrected chi connectivity index (χ3v) is 4.04. The fraction of sp³-hybridized carbons (Fsp3) is 0.231. The van der Waals surface area contributed by atoms with E-state index in [1.54, 1.807) is 18.4 Å². The Bertz CT molecular complexity index is 514. The van der Waals surface area contributed by atoms with Crippen molar-refractivity contribution in [2.45, 2.75) is 12.5 Å². The van der Waals surface area contributed by atoms with E-state index in [4.69, 9.17) is 21.1 Å². The Morgan fingerprint density at radius 2 is 2.17 bits per heavy atom. The lowest BCUT2D eigenvalue weighted by Crippen LogP contribution is -1.98. The van der Waals surface area contributed by atoms with Crippen molar-refractivity contribution in [3.05, 3.63) is 44.6 Å². The topological polar surface area (TPSA) is 18.5 Å². The van der Waals surface area contributed by atoms with Crippen molar-refractivity contribution < 1.29 is 9.47 Å². The Morgan fingerprint density at radius 3 is 2.78 bits per heavy atom. The SMILES string of the molecule is COc1cc(CCl)cc(Br)c1OCc1ccsc1. The molecule has 1 aromatic carbocycles. The molecule has 0 unspecified atom stereocenters. The van der Waals surface area contributed by atoms with E-state index in [9.17, 15) is 0 Å². The zero-order valence-corrected chi connectivity index (χ0v) is 12.9. The average Bonchev–Trinajstić information content (AvgIpc) is 2.89. The molecular formula is C13H12BrClO2S. The molecule has 0 aliphatic carbocycles. The van der Waals surface area contributed by atoms with Gasteiger partial charge in [0.15, 0.2) is 11.5 Å².